The van der Waals surface area contributed by atoms with Gasteiger partial charge in [-0.3, -0.25) is 9.89 Å². The summed E-state index contributed by atoms with van der Waals surface area (Å²) in [5.74, 6) is -0.0678. The maximum absolute atomic E-state index is 12.8. The minimum Gasteiger partial charge on any atom is -0.496 e. The Labute approximate surface area is 139 Å². The second kappa shape index (κ2) is 6.74. The molecule has 2 heterocycles. The van der Waals surface area contributed by atoms with Gasteiger partial charge in [-0.2, -0.15) is 5.10 Å². The quantitative estimate of drug-likeness (QED) is 0.865. The van der Waals surface area contributed by atoms with Gasteiger partial charge in [0.1, 0.15) is 5.75 Å². The van der Waals surface area contributed by atoms with E-state index in [-0.39, 0.29) is 18.2 Å². The van der Waals surface area contributed by atoms with E-state index in [2.05, 4.69) is 10.2 Å². The molecule has 7 heteroatoms. The number of esters is 1. The number of aromatic nitrogens is 2. The van der Waals surface area contributed by atoms with E-state index in [4.69, 9.17) is 9.47 Å². The van der Waals surface area contributed by atoms with E-state index in [1.165, 1.54) is 7.11 Å². The van der Waals surface area contributed by atoms with Gasteiger partial charge < -0.3 is 14.4 Å². The lowest BCUT2D eigenvalue weighted by atomic mass is 10.0. The highest BCUT2D eigenvalue weighted by molar-refractivity contribution is 5.97. The van der Waals surface area contributed by atoms with Crippen molar-refractivity contribution in [3.63, 3.8) is 0 Å². The number of hydrogen-bond acceptors (Lipinski definition) is 5. The molecule has 1 N–H and O–H groups in total. The normalized spacial score (nSPS) is 13.3. The molecule has 0 aliphatic carbocycles. The van der Waals surface area contributed by atoms with Crippen LogP contribution in [0.5, 0.6) is 5.75 Å². The van der Waals surface area contributed by atoms with Gasteiger partial charge in [-0.15, -0.1) is 0 Å². The van der Waals surface area contributed by atoms with Crippen LogP contribution >= 0.6 is 0 Å². The van der Waals surface area contributed by atoms with Crippen LogP contribution in [-0.4, -0.2) is 47.2 Å². The molecule has 126 valence electrons. The van der Waals surface area contributed by atoms with Crippen LogP contribution in [0.4, 0.5) is 0 Å². The molecular formula is C17H19N3O4. The van der Waals surface area contributed by atoms with Gasteiger partial charge in [-0.1, -0.05) is 12.1 Å². The van der Waals surface area contributed by atoms with Crippen LogP contribution in [0, 0.1) is 0 Å². The average Bonchev–Trinajstić information content (AvgIpc) is 3.04. The summed E-state index contributed by atoms with van der Waals surface area (Å²) < 4.78 is 10.3. The molecule has 0 unspecified atom stereocenters. The largest absolute Gasteiger partial charge is 0.496 e. The van der Waals surface area contributed by atoms with Gasteiger partial charge in [0.25, 0.3) is 5.91 Å². The van der Waals surface area contributed by atoms with Crippen molar-refractivity contribution in [2.45, 2.75) is 19.9 Å². The first-order valence-electron chi connectivity index (χ1n) is 7.81. The molecule has 0 atom stereocenters. The molecule has 0 saturated heterocycles. The van der Waals surface area contributed by atoms with Crippen LogP contribution in [0.1, 0.15) is 39.0 Å². The zero-order valence-electron chi connectivity index (χ0n) is 13.7. The van der Waals surface area contributed by atoms with Crippen molar-refractivity contribution in [2.75, 3.05) is 20.3 Å². The van der Waals surface area contributed by atoms with Gasteiger partial charge in [-0.05, 0) is 19.1 Å². The highest BCUT2D eigenvalue weighted by atomic mass is 16.5. The number of ether oxygens (including phenoxy) is 2. The van der Waals surface area contributed by atoms with Gasteiger partial charge in [-0.25, -0.2) is 4.79 Å². The molecule has 0 bridgehead atoms. The third kappa shape index (κ3) is 2.84. The number of H-pyrrole nitrogens is 1. The zero-order valence-corrected chi connectivity index (χ0v) is 13.7. The van der Waals surface area contributed by atoms with E-state index in [0.29, 0.717) is 30.8 Å². The SMILES string of the molecule is CCOC(=O)c1n[nH]c2c1CN(C(=O)c1ccccc1OC)CC2. The maximum Gasteiger partial charge on any atom is 0.359 e. The molecule has 1 aromatic heterocycles. The van der Waals surface area contributed by atoms with E-state index in [9.17, 15) is 9.59 Å². The third-order valence-electron chi connectivity index (χ3n) is 4.03. The molecular weight excluding hydrogens is 310 g/mol. The first kappa shape index (κ1) is 16.0. The van der Waals surface area contributed by atoms with E-state index in [1.54, 1.807) is 30.0 Å². The summed E-state index contributed by atoms with van der Waals surface area (Å²) >= 11 is 0. The zero-order chi connectivity index (χ0) is 17.1. The summed E-state index contributed by atoms with van der Waals surface area (Å²) in [6.45, 7) is 2.89. The molecule has 1 aliphatic rings. The first-order chi connectivity index (χ1) is 11.7. The predicted octanol–water partition coefficient (Wildman–Crippen LogP) is 1.79. The van der Waals surface area contributed by atoms with Crippen molar-refractivity contribution in [1.82, 2.24) is 15.1 Å². The number of fused-ring (bicyclic) bond motifs is 1. The van der Waals surface area contributed by atoms with Crippen molar-refractivity contribution in [3.8, 4) is 5.75 Å². The van der Waals surface area contributed by atoms with Crippen molar-refractivity contribution in [3.05, 3.63) is 46.8 Å². The highest BCUT2D eigenvalue weighted by Gasteiger charge is 2.29. The monoisotopic (exact) mass is 329 g/mol. The van der Waals surface area contributed by atoms with Crippen molar-refractivity contribution in [1.29, 1.82) is 0 Å². The van der Waals surface area contributed by atoms with Gasteiger partial charge in [0.15, 0.2) is 5.69 Å². The Hall–Kier alpha value is -2.83. The standard InChI is InChI=1S/C17H19N3O4/c1-3-24-17(22)15-12-10-20(9-8-13(12)18-19-15)16(21)11-6-4-5-7-14(11)23-2/h4-7H,3,8-10H2,1-2H3,(H,18,19). The van der Waals surface area contributed by atoms with Gasteiger partial charge in [0, 0.05) is 24.2 Å². The number of nitrogens with one attached hydrogen (secondary N) is 1. The lowest BCUT2D eigenvalue weighted by Gasteiger charge is -2.27. The molecule has 1 amide bonds. The number of methoxy groups -OCH3 is 1. The summed E-state index contributed by atoms with van der Waals surface area (Å²) in [7, 11) is 1.54. The third-order valence-corrected chi connectivity index (χ3v) is 4.03. The molecule has 0 fully saturated rings. The van der Waals surface area contributed by atoms with E-state index < -0.39 is 5.97 Å². The van der Waals surface area contributed by atoms with Crippen LogP contribution in [0.2, 0.25) is 0 Å². The average molecular weight is 329 g/mol. The minimum absolute atomic E-state index is 0.130. The van der Waals surface area contributed by atoms with E-state index >= 15 is 0 Å². The molecule has 24 heavy (non-hydrogen) atoms. The minimum atomic E-state index is -0.471. The van der Waals surface area contributed by atoms with Crippen LogP contribution in [0.15, 0.2) is 24.3 Å². The fourth-order valence-corrected chi connectivity index (χ4v) is 2.83. The number of carbonyl (C=O) groups excluding carboxylic acids is 2. The van der Waals surface area contributed by atoms with Crippen LogP contribution < -0.4 is 4.74 Å². The van der Waals surface area contributed by atoms with Gasteiger partial charge in [0.05, 0.1) is 25.8 Å². The number of nitrogens with zero attached hydrogens (tertiary/aromatic N) is 2. The molecule has 0 radical (unpaired) electrons. The molecule has 0 saturated carbocycles. The number of amides is 1. The van der Waals surface area contributed by atoms with Crippen molar-refractivity contribution in [2.24, 2.45) is 0 Å². The van der Waals surface area contributed by atoms with E-state index in [0.717, 1.165) is 11.3 Å². The Bertz CT molecular complexity index is 769. The lowest BCUT2D eigenvalue weighted by molar-refractivity contribution is 0.0513. The summed E-state index contributed by atoms with van der Waals surface area (Å²) in [5.41, 5.74) is 2.36. The maximum atomic E-state index is 12.8. The molecule has 3 rings (SSSR count). The Kier molecular flexibility index (Phi) is 4.50. The van der Waals surface area contributed by atoms with Crippen molar-refractivity contribution < 1.29 is 19.1 Å². The second-order valence-corrected chi connectivity index (χ2v) is 5.43. The number of benzene rings is 1. The summed E-state index contributed by atoms with van der Waals surface area (Å²) in [5, 5.41) is 6.93. The number of aromatic amines is 1. The molecule has 7 nitrogen and oxygen atoms in total. The van der Waals surface area contributed by atoms with Crippen LogP contribution in [0.3, 0.4) is 0 Å². The second-order valence-electron chi connectivity index (χ2n) is 5.43. The van der Waals surface area contributed by atoms with E-state index in [1.807, 2.05) is 6.07 Å². The van der Waals surface area contributed by atoms with Crippen LogP contribution in [0.25, 0.3) is 0 Å². The molecule has 1 aliphatic heterocycles. The lowest BCUT2D eigenvalue weighted by Crippen LogP contribution is -2.36. The topological polar surface area (TPSA) is 84.5 Å². The Morgan fingerprint density at radius 1 is 1.33 bits per heavy atom. The Balaban J connectivity index is 1.85. The fourth-order valence-electron chi connectivity index (χ4n) is 2.83. The highest BCUT2D eigenvalue weighted by Crippen LogP contribution is 2.25. The number of para-hydroxylation sites is 1. The number of rotatable bonds is 4. The molecule has 0 spiro atoms. The van der Waals surface area contributed by atoms with Gasteiger partial charge in [0.2, 0.25) is 0 Å². The predicted molar refractivity (Wildman–Crippen MR) is 86.0 cm³/mol. The number of carbonyl (C=O) groups is 2. The summed E-state index contributed by atoms with van der Waals surface area (Å²) in [6, 6.07) is 7.11. The smallest absolute Gasteiger partial charge is 0.359 e. The number of hydrogen-bond donors (Lipinski definition) is 1. The Morgan fingerprint density at radius 2 is 2.12 bits per heavy atom. The van der Waals surface area contributed by atoms with Crippen molar-refractivity contribution >= 4 is 11.9 Å². The first-order valence-corrected chi connectivity index (χ1v) is 7.81. The van der Waals surface area contributed by atoms with Gasteiger partial charge >= 0.3 is 5.97 Å². The Morgan fingerprint density at radius 3 is 2.88 bits per heavy atom. The summed E-state index contributed by atoms with van der Waals surface area (Å²) in [6.07, 6.45) is 0.614. The molecule has 1 aromatic carbocycles. The summed E-state index contributed by atoms with van der Waals surface area (Å²) in [4.78, 5) is 26.5. The fraction of sp³-hybridized carbons (Fsp3) is 0.353. The van der Waals surface area contributed by atoms with Crippen LogP contribution in [-0.2, 0) is 17.7 Å². The molecule has 2 aromatic rings.